The van der Waals surface area contributed by atoms with E-state index < -0.39 is 0 Å². The van der Waals surface area contributed by atoms with E-state index in [0.29, 0.717) is 30.3 Å². The van der Waals surface area contributed by atoms with Crippen LogP contribution in [0.25, 0.3) is 0 Å². The highest BCUT2D eigenvalue weighted by atomic mass is 16.5. The smallest absolute Gasteiger partial charge is 0.317 e. The maximum atomic E-state index is 13.0. The zero-order valence-corrected chi connectivity index (χ0v) is 19.3. The molecule has 2 N–H and O–H groups in total. The molecule has 1 aliphatic heterocycles. The average molecular weight is 422 g/mol. The minimum absolute atomic E-state index is 0.00976. The molecule has 1 heterocycles. The molecule has 1 saturated heterocycles. The fourth-order valence-electron chi connectivity index (χ4n) is 3.68. The van der Waals surface area contributed by atoms with Gasteiger partial charge in [0.2, 0.25) is 11.7 Å². The van der Waals surface area contributed by atoms with Gasteiger partial charge in [0.1, 0.15) is 0 Å². The second-order valence-electron chi connectivity index (χ2n) is 8.92. The van der Waals surface area contributed by atoms with E-state index in [9.17, 15) is 9.59 Å². The van der Waals surface area contributed by atoms with Crippen LogP contribution in [-0.4, -0.2) is 62.8 Å². The molecule has 2 rings (SSSR count). The standard InChI is InChI=1S/C22H35N3O5/c1-13(2)23-20(26)16-12-25(21(27)24-22(3,4)5)11-15(16)14-9-17(28-6)19(30-8)18(10-14)29-7/h9-10,13,15-16H,11-12H2,1-8H3,(H,23,26)(H,24,27)/t15-,16+/m0/s1. The quantitative estimate of drug-likeness (QED) is 0.737. The van der Waals surface area contributed by atoms with E-state index in [-0.39, 0.29) is 35.4 Å². The number of likely N-dealkylation sites (tertiary alicyclic amines) is 1. The summed E-state index contributed by atoms with van der Waals surface area (Å²) in [6.45, 7) is 10.4. The van der Waals surface area contributed by atoms with Gasteiger partial charge in [-0.05, 0) is 52.3 Å². The molecule has 0 bridgehead atoms. The Morgan fingerprint density at radius 3 is 2.03 bits per heavy atom. The van der Waals surface area contributed by atoms with Crippen LogP contribution >= 0.6 is 0 Å². The molecule has 1 aliphatic rings. The summed E-state index contributed by atoms with van der Waals surface area (Å²) in [5, 5.41) is 5.97. The summed E-state index contributed by atoms with van der Waals surface area (Å²) in [4.78, 5) is 27.5. The van der Waals surface area contributed by atoms with Crippen LogP contribution in [0.15, 0.2) is 12.1 Å². The van der Waals surface area contributed by atoms with Crippen molar-refractivity contribution in [3.8, 4) is 17.2 Å². The van der Waals surface area contributed by atoms with E-state index in [2.05, 4.69) is 10.6 Å². The van der Waals surface area contributed by atoms with Gasteiger partial charge >= 0.3 is 6.03 Å². The molecular weight excluding hydrogens is 386 g/mol. The Kier molecular flexibility index (Phi) is 7.44. The van der Waals surface area contributed by atoms with E-state index >= 15 is 0 Å². The van der Waals surface area contributed by atoms with Gasteiger partial charge in [0.15, 0.2) is 11.5 Å². The number of nitrogens with one attached hydrogen (secondary N) is 2. The Balaban J connectivity index is 2.43. The molecule has 1 aromatic rings. The zero-order valence-electron chi connectivity index (χ0n) is 19.3. The summed E-state index contributed by atoms with van der Waals surface area (Å²) in [6.07, 6.45) is 0. The Morgan fingerprint density at radius 1 is 1.03 bits per heavy atom. The molecule has 1 aromatic carbocycles. The van der Waals surface area contributed by atoms with Crippen LogP contribution in [0.2, 0.25) is 0 Å². The van der Waals surface area contributed by atoms with Crippen molar-refractivity contribution in [2.45, 2.75) is 52.1 Å². The van der Waals surface area contributed by atoms with Gasteiger partial charge in [-0.25, -0.2) is 4.79 Å². The summed E-state index contributed by atoms with van der Waals surface area (Å²) in [5.41, 5.74) is 0.497. The molecule has 0 spiro atoms. The number of methoxy groups -OCH3 is 3. The first-order chi connectivity index (χ1) is 14.0. The number of carbonyl (C=O) groups excluding carboxylic acids is 2. The first-order valence-electron chi connectivity index (χ1n) is 10.2. The molecule has 0 aromatic heterocycles. The van der Waals surface area contributed by atoms with E-state index in [0.717, 1.165) is 5.56 Å². The van der Waals surface area contributed by atoms with Gasteiger partial charge in [0.25, 0.3) is 0 Å². The zero-order chi connectivity index (χ0) is 22.6. The maximum absolute atomic E-state index is 13.0. The average Bonchev–Trinajstić information content (AvgIpc) is 3.10. The lowest BCUT2D eigenvalue weighted by Crippen LogP contribution is -2.48. The van der Waals surface area contributed by atoms with E-state index in [1.54, 1.807) is 26.2 Å². The number of amides is 3. The van der Waals surface area contributed by atoms with Crippen LogP contribution in [0.1, 0.15) is 46.1 Å². The number of nitrogens with zero attached hydrogens (tertiary/aromatic N) is 1. The topological polar surface area (TPSA) is 89.1 Å². The number of urea groups is 1. The summed E-state index contributed by atoms with van der Waals surface area (Å²) < 4.78 is 16.4. The molecule has 8 nitrogen and oxygen atoms in total. The third-order valence-electron chi connectivity index (χ3n) is 4.97. The lowest BCUT2D eigenvalue weighted by molar-refractivity contribution is -0.125. The van der Waals surface area contributed by atoms with E-state index in [1.165, 1.54) is 0 Å². The Hall–Kier alpha value is -2.64. The predicted molar refractivity (Wildman–Crippen MR) is 115 cm³/mol. The molecule has 1 fully saturated rings. The molecule has 30 heavy (non-hydrogen) atoms. The minimum Gasteiger partial charge on any atom is -0.493 e. The monoisotopic (exact) mass is 421 g/mol. The minimum atomic E-state index is -0.388. The van der Waals surface area contributed by atoms with Gasteiger partial charge in [-0.1, -0.05) is 0 Å². The number of hydrogen-bond acceptors (Lipinski definition) is 5. The van der Waals surface area contributed by atoms with Crippen molar-refractivity contribution in [1.82, 2.24) is 15.5 Å². The molecule has 0 unspecified atom stereocenters. The second kappa shape index (κ2) is 9.45. The van der Waals surface area contributed by atoms with Gasteiger partial charge in [-0.15, -0.1) is 0 Å². The number of hydrogen-bond donors (Lipinski definition) is 2. The van der Waals surface area contributed by atoms with Crippen LogP contribution in [0.5, 0.6) is 17.2 Å². The van der Waals surface area contributed by atoms with Gasteiger partial charge in [0.05, 0.1) is 27.2 Å². The largest absolute Gasteiger partial charge is 0.493 e. The first-order valence-corrected chi connectivity index (χ1v) is 10.2. The van der Waals surface area contributed by atoms with Gasteiger partial charge in [0, 0.05) is 30.6 Å². The lowest BCUT2D eigenvalue weighted by Gasteiger charge is -2.25. The molecule has 168 valence electrons. The van der Waals surface area contributed by atoms with E-state index in [4.69, 9.17) is 14.2 Å². The molecular formula is C22H35N3O5. The Bertz CT molecular complexity index is 748. The SMILES string of the molecule is COc1cc([C@@H]2CN(C(=O)NC(C)(C)C)C[C@H]2C(=O)NC(C)C)cc(OC)c1OC. The molecule has 2 atom stereocenters. The number of benzene rings is 1. The Morgan fingerprint density at radius 2 is 1.60 bits per heavy atom. The van der Waals surface area contributed by atoms with Crippen LogP contribution in [0.3, 0.4) is 0 Å². The predicted octanol–water partition coefficient (Wildman–Crippen LogP) is 2.76. The molecule has 0 radical (unpaired) electrons. The number of carbonyl (C=O) groups is 2. The fraction of sp³-hybridized carbons (Fsp3) is 0.636. The Labute approximate surface area is 179 Å². The molecule has 3 amide bonds. The van der Waals surface area contributed by atoms with Crippen molar-refractivity contribution in [3.63, 3.8) is 0 Å². The van der Waals surface area contributed by atoms with Crippen molar-refractivity contribution >= 4 is 11.9 Å². The highest BCUT2D eigenvalue weighted by Gasteiger charge is 2.41. The third kappa shape index (κ3) is 5.49. The first kappa shape index (κ1) is 23.6. The van der Waals surface area contributed by atoms with Gasteiger partial charge < -0.3 is 29.7 Å². The number of rotatable bonds is 6. The lowest BCUT2D eigenvalue weighted by atomic mass is 9.87. The normalized spacial score (nSPS) is 18.9. The van der Waals surface area contributed by atoms with Gasteiger partial charge in [-0.3, -0.25) is 4.79 Å². The highest BCUT2D eigenvalue weighted by Crippen LogP contribution is 2.43. The van der Waals surface area contributed by atoms with Gasteiger partial charge in [-0.2, -0.15) is 0 Å². The van der Waals surface area contributed by atoms with Crippen LogP contribution < -0.4 is 24.8 Å². The van der Waals surface area contributed by atoms with Crippen LogP contribution in [0.4, 0.5) is 4.79 Å². The third-order valence-corrected chi connectivity index (χ3v) is 4.97. The van der Waals surface area contributed by atoms with Crippen molar-refractivity contribution in [3.05, 3.63) is 17.7 Å². The van der Waals surface area contributed by atoms with Crippen molar-refractivity contribution in [2.75, 3.05) is 34.4 Å². The summed E-state index contributed by atoms with van der Waals surface area (Å²) in [7, 11) is 4.66. The summed E-state index contributed by atoms with van der Waals surface area (Å²) >= 11 is 0. The second-order valence-corrected chi connectivity index (χ2v) is 8.92. The number of ether oxygens (including phenoxy) is 3. The van der Waals surface area contributed by atoms with Crippen molar-refractivity contribution in [2.24, 2.45) is 5.92 Å². The van der Waals surface area contributed by atoms with E-state index in [1.807, 2.05) is 46.8 Å². The fourth-order valence-corrected chi connectivity index (χ4v) is 3.68. The molecule has 8 heteroatoms. The van der Waals surface area contributed by atoms with Crippen molar-refractivity contribution in [1.29, 1.82) is 0 Å². The maximum Gasteiger partial charge on any atom is 0.317 e. The van der Waals surface area contributed by atoms with Crippen molar-refractivity contribution < 1.29 is 23.8 Å². The van der Waals surface area contributed by atoms with Crippen LogP contribution in [0, 0.1) is 5.92 Å². The summed E-state index contributed by atoms with van der Waals surface area (Å²) in [5.74, 6) is 0.867. The van der Waals surface area contributed by atoms with Crippen LogP contribution in [-0.2, 0) is 4.79 Å². The summed E-state index contributed by atoms with van der Waals surface area (Å²) in [6, 6.07) is 3.54. The molecule has 0 aliphatic carbocycles. The highest BCUT2D eigenvalue weighted by molar-refractivity contribution is 5.83. The molecule has 0 saturated carbocycles.